The van der Waals surface area contributed by atoms with E-state index in [1.165, 1.54) is 6.42 Å². The molecule has 3 unspecified atom stereocenters. The largest absolute Gasteiger partial charge is 0.450 e. The molecule has 11 atom stereocenters. The summed E-state index contributed by atoms with van der Waals surface area (Å²) in [5.74, 6) is 2.67. The van der Waals surface area contributed by atoms with Crippen molar-refractivity contribution in [2.75, 3.05) is 18.1 Å². The molecule has 8 heteroatoms. The first-order valence-corrected chi connectivity index (χ1v) is 18.1. The van der Waals surface area contributed by atoms with Crippen LogP contribution in [0, 0.1) is 51.8 Å². The van der Waals surface area contributed by atoms with Gasteiger partial charge in [0.1, 0.15) is 9.84 Å². The number of hydrogen-bond donors (Lipinski definition) is 3. The standard InChI is InChI=1S/C32H55NO6S/c1-6-23-26-19-22(34)7-13-30(26,3)24-8-15-32(5)25(27(24)28(23)35)9-14-31(32,4)20(2)10-16-39-29(36)33-21-11-17-40(37,38)18-12-21/h20-28,34-35H,6-19H2,1-5H3,(H,33,36)/t20-,22-,23-,24+,25?,26+,27?,28-,30-,31?,32+/m1/s1. The Labute approximate surface area is 242 Å². The van der Waals surface area contributed by atoms with Crippen LogP contribution in [0.1, 0.15) is 105 Å². The van der Waals surface area contributed by atoms with Crippen molar-refractivity contribution in [3.8, 4) is 0 Å². The Kier molecular flexibility index (Phi) is 8.42. The summed E-state index contributed by atoms with van der Waals surface area (Å²) in [5, 5.41) is 25.4. The number of hydrogen-bond acceptors (Lipinski definition) is 6. The Morgan fingerprint density at radius 1 is 0.975 bits per heavy atom. The molecular formula is C32H55NO6S. The van der Waals surface area contributed by atoms with Crippen molar-refractivity contribution in [3.05, 3.63) is 0 Å². The summed E-state index contributed by atoms with van der Waals surface area (Å²) in [6.07, 6.45) is 9.21. The molecule has 1 amide bonds. The Hall–Kier alpha value is -0.860. The summed E-state index contributed by atoms with van der Waals surface area (Å²) < 4.78 is 28.9. The first kappa shape index (κ1) is 30.6. The number of nitrogens with one attached hydrogen (secondary N) is 1. The van der Waals surface area contributed by atoms with Gasteiger partial charge >= 0.3 is 6.09 Å². The fourth-order valence-corrected chi connectivity index (χ4v) is 12.5. The smallest absolute Gasteiger partial charge is 0.407 e. The van der Waals surface area contributed by atoms with Gasteiger partial charge in [0.25, 0.3) is 0 Å². The second kappa shape index (κ2) is 11.0. The van der Waals surface area contributed by atoms with E-state index in [-0.39, 0.29) is 51.9 Å². The van der Waals surface area contributed by atoms with Crippen LogP contribution in [0.2, 0.25) is 0 Å². The van der Waals surface area contributed by atoms with Crippen molar-refractivity contribution in [1.29, 1.82) is 0 Å². The van der Waals surface area contributed by atoms with Gasteiger partial charge in [0.2, 0.25) is 0 Å². The fraction of sp³-hybridized carbons (Fsp3) is 0.969. The molecule has 0 bridgehead atoms. The van der Waals surface area contributed by atoms with Crippen molar-refractivity contribution >= 4 is 15.9 Å². The topological polar surface area (TPSA) is 113 Å². The van der Waals surface area contributed by atoms with Crippen LogP contribution in [0.4, 0.5) is 4.79 Å². The monoisotopic (exact) mass is 581 g/mol. The predicted molar refractivity (Wildman–Crippen MR) is 156 cm³/mol. The number of sulfone groups is 1. The second-order valence-electron chi connectivity index (χ2n) is 15.2. The van der Waals surface area contributed by atoms with Crippen LogP contribution >= 0.6 is 0 Å². The van der Waals surface area contributed by atoms with Gasteiger partial charge in [-0.3, -0.25) is 0 Å². The first-order chi connectivity index (χ1) is 18.8. The van der Waals surface area contributed by atoms with Crippen LogP contribution in [0.25, 0.3) is 0 Å². The number of alkyl carbamates (subject to hydrolysis) is 1. The van der Waals surface area contributed by atoms with E-state index in [2.05, 4.69) is 39.9 Å². The van der Waals surface area contributed by atoms with E-state index in [1.54, 1.807) is 0 Å². The molecule has 0 aromatic rings. The van der Waals surface area contributed by atoms with E-state index < -0.39 is 15.9 Å². The molecule has 4 aliphatic carbocycles. The average Bonchev–Trinajstić information content (AvgIpc) is 3.18. The van der Waals surface area contributed by atoms with Gasteiger partial charge in [-0.05, 0) is 116 Å². The van der Waals surface area contributed by atoms with Crippen molar-refractivity contribution in [2.45, 2.75) is 123 Å². The van der Waals surface area contributed by atoms with Crippen LogP contribution in [0.15, 0.2) is 0 Å². The quantitative estimate of drug-likeness (QED) is 0.391. The highest BCUT2D eigenvalue weighted by Gasteiger charge is 2.67. The molecule has 3 N–H and O–H groups in total. The lowest BCUT2D eigenvalue weighted by molar-refractivity contribution is -0.209. The Morgan fingerprint density at radius 3 is 2.33 bits per heavy atom. The number of carbonyl (C=O) groups is 1. The lowest BCUT2D eigenvalue weighted by Crippen LogP contribution is -2.62. The maximum Gasteiger partial charge on any atom is 0.407 e. The molecule has 5 fully saturated rings. The van der Waals surface area contributed by atoms with Crippen molar-refractivity contribution in [1.82, 2.24) is 5.32 Å². The zero-order valence-electron chi connectivity index (χ0n) is 25.5. The number of carbonyl (C=O) groups excluding carboxylic acids is 1. The summed E-state index contributed by atoms with van der Waals surface area (Å²) in [4.78, 5) is 12.4. The highest BCUT2D eigenvalue weighted by molar-refractivity contribution is 7.91. The Bertz CT molecular complexity index is 1040. The second-order valence-corrected chi connectivity index (χ2v) is 17.5. The van der Waals surface area contributed by atoms with Crippen LogP contribution in [-0.2, 0) is 14.6 Å². The molecule has 230 valence electrons. The van der Waals surface area contributed by atoms with E-state index in [9.17, 15) is 23.4 Å². The van der Waals surface area contributed by atoms with Gasteiger partial charge in [0.05, 0.1) is 30.3 Å². The predicted octanol–water partition coefficient (Wildman–Crippen LogP) is 5.33. The fourth-order valence-electron chi connectivity index (χ4n) is 11.0. The van der Waals surface area contributed by atoms with E-state index in [4.69, 9.17) is 4.74 Å². The highest BCUT2D eigenvalue weighted by Crippen LogP contribution is 2.72. The maximum absolute atomic E-state index is 12.4. The average molecular weight is 582 g/mol. The molecule has 0 aromatic carbocycles. The van der Waals surface area contributed by atoms with Gasteiger partial charge in [0, 0.05) is 6.04 Å². The summed E-state index contributed by atoms with van der Waals surface area (Å²) >= 11 is 0. The van der Waals surface area contributed by atoms with E-state index >= 15 is 0 Å². The lowest BCUT2D eigenvalue weighted by atomic mass is 9.40. The van der Waals surface area contributed by atoms with Gasteiger partial charge < -0.3 is 20.3 Å². The van der Waals surface area contributed by atoms with Crippen molar-refractivity contribution in [2.24, 2.45) is 51.8 Å². The van der Waals surface area contributed by atoms with Gasteiger partial charge in [-0.25, -0.2) is 13.2 Å². The molecule has 7 nitrogen and oxygen atoms in total. The number of aliphatic hydroxyl groups excluding tert-OH is 2. The first-order valence-electron chi connectivity index (χ1n) is 16.3. The molecule has 5 rings (SSSR count). The summed E-state index contributed by atoms with van der Waals surface area (Å²) in [7, 11) is -2.96. The third-order valence-electron chi connectivity index (χ3n) is 13.8. The summed E-state index contributed by atoms with van der Waals surface area (Å²) in [6, 6.07) is -0.126. The maximum atomic E-state index is 12.4. The van der Waals surface area contributed by atoms with Gasteiger partial charge in [0.15, 0.2) is 0 Å². The van der Waals surface area contributed by atoms with Crippen LogP contribution < -0.4 is 5.32 Å². The summed E-state index contributed by atoms with van der Waals surface area (Å²) in [6.45, 7) is 12.3. The Balaban J connectivity index is 1.23. The van der Waals surface area contributed by atoms with Crippen molar-refractivity contribution in [3.63, 3.8) is 0 Å². The zero-order chi connectivity index (χ0) is 29.1. The normalized spacial score (nSPS) is 47.4. The third-order valence-corrected chi connectivity index (χ3v) is 15.5. The van der Waals surface area contributed by atoms with Gasteiger partial charge in [-0.1, -0.05) is 41.0 Å². The molecule has 1 aliphatic heterocycles. The highest BCUT2D eigenvalue weighted by atomic mass is 32.2. The minimum absolute atomic E-state index is 0.113. The minimum Gasteiger partial charge on any atom is -0.450 e. The molecule has 0 aromatic heterocycles. The molecule has 5 aliphatic rings. The number of amides is 1. The SMILES string of the molecule is CC[C@H]1[C@@H](O)C2C3CCC(C)([C@H](C)CCOC(=O)NC4CCS(=O)(=O)CC4)[C@@]3(C)CC[C@@H]2[C@@]2(C)CC[C@@H](O)C[C@@H]12. The molecule has 1 heterocycles. The van der Waals surface area contributed by atoms with Gasteiger partial charge in [-0.15, -0.1) is 0 Å². The van der Waals surface area contributed by atoms with E-state index in [0.29, 0.717) is 49.0 Å². The molecule has 0 spiro atoms. The number of fused-ring (bicyclic) bond motifs is 5. The number of ether oxygens (including phenoxy) is 1. The van der Waals surface area contributed by atoms with Crippen LogP contribution in [0.5, 0.6) is 0 Å². The Morgan fingerprint density at radius 2 is 1.65 bits per heavy atom. The number of aliphatic hydroxyl groups is 2. The minimum atomic E-state index is -2.96. The molecular weight excluding hydrogens is 526 g/mol. The summed E-state index contributed by atoms with van der Waals surface area (Å²) in [5.41, 5.74) is 0.460. The van der Waals surface area contributed by atoms with Crippen LogP contribution in [0.3, 0.4) is 0 Å². The van der Waals surface area contributed by atoms with Crippen molar-refractivity contribution < 1.29 is 28.2 Å². The number of rotatable bonds is 6. The van der Waals surface area contributed by atoms with E-state index in [0.717, 1.165) is 51.4 Å². The molecule has 40 heavy (non-hydrogen) atoms. The van der Waals surface area contributed by atoms with E-state index in [1.807, 2.05) is 0 Å². The van der Waals surface area contributed by atoms with Gasteiger partial charge in [-0.2, -0.15) is 0 Å². The molecule has 0 radical (unpaired) electrons. The van der Waals surface area contributed by atoms with Crippen LogP contribution in [-0.4, -0.2) is 61.1 Å². The zero-order valence-corrected chi connectivity index (χ0v) is 26.3. The molecule has 4 saturated carbocycles. The molecule has 1 saturated heterocycles. The lowest BCUT2D eigenvalue weighted by Gasteiger charge is -2.65. The third kappa shape index (κ3) is 5.04.